The second kappa shape index (κ2) is 5.93. The Morgan fingerprint density at radius 1 is 1.78 bits per heavy atom. The molecule has 56 valence electrons. The van der Waals surface area contributed by atoms with Crippen LogP contribution in [0.1, 0.15) is 0 Å². The minimum Gasteiger partial charge on any atom is -0.389 e. The highest BCUT2D eigenvalue weighted by atomic mass is 16.6. The van der Waals surface area contributed by atoms with Gasteiger partial charge >= 0.3 is 0 Å². The molecule has 0 fully saturated rings. The van der Waals surface area contributed by atoms with Gasteiger partial charge in [0.25, 0.3) is 0 Å². The van der Waals surface area contributed by atoms with E-state index >= 15 is 0 Å². The van der Waals surface area contributed by atoms with Gasteiger partial charge in [0.2, 0.25) is 0 Å². The van der Waals surface area contributed by atoms with Crippen LogP contribution in [0.2, 0.25) is 0 Å². The van der Waals surface area contributed by atoms with Gasteiger partial charge in [-0.3, -0.25) is 0 Å². The molecule has 0 aromatic carbocycles. The third-order valence-electron chi connectivity index (χ3n) is 0.752. The van der Waals surface area contributed by atoms with Crippen LogP contribution in [0.25, 0.3) is 0 Å². The highest BCUT2D eigenvalue weighted by Crippen LogP contribution is 1.77. The maximum Gasteiger partial charge on any atom is 0.0952 e. The first-order valence-corrected chi connectivity index (χ1v) is 2.56. The lowest BCUT2D eigenvalue weighted by atomic mass is 10.4. The first kappa shape index (κ1) is 8.80. The van der Waals surface area contributed by atoms with Gasteiger partial charge in [0.15, 0.2) is 0 Å². The molecule has 0 aliphatic carbocycles. The maximum atomic E-state index is 8.83. The molecule has 0 aromatic heterocycles. The van der Waals surface area contributed by atoms with Gasteiger partial charge < -0.3 is 14.8 Å². The van der Waals surface area contributed by atoms with E-state index in [1.165, 1.54) is 7.11 Å². The Balaban J connectivity index is 2.95. The number of hydrogen-bond acceptors (Lipinski definition) is 5. The molecule has 0 aliphatic rings. The van der Waals surface area contributed by atoms with E-state index in [1.54, 1.807) is 0 Å². The summed E-state index contributed by atoms with van der Waals surface area (Å²) in [6.07, 6.45) is -0.616. The summed E-state index contributed by atoms with van der Waals surface area (Å²) in [6.45, 7) is 0.421. The van der Waals surface area contributed by atoms with E-state index in [2.05, 4.69) is 21.1 Å². The average molecular weight is 136 g/mol. The van der Waals surface area contributed by atoms with Crippen LogP contribution >= 0.6 is 0 Å². The largest absolute Gasteiger partial charge is 0.389 e. The molecule has 0 saturated carbocycles. The van der Waals surface area contributed by atoms with E-state index in [0.717, 1.165) is 0 Å². The van der Waals surface area contributed by atoms with Gasteiger partial charge in [0.1, 0.15) is 0 Å². The van der Waals surface area contributed by atoms with Crippen molar-refractivity contribution in [3.8, 4) is 0 Å². The van der Waals surface area contributed by atoms with Crippen molar-refractivity contribution in [3.05, 3.63) is 0 Å². The van der Waals surface area contributed by atoms with Crippen LogP contribution in [0.5, 0.6) is 0 Å². The molecule has 1 unspecified atom stereocenters. The normalized spacial score (nSPS) is 13.7. The van der Waals surface area contributed by atoms with E-state index in [0.29, 0.717) is 6.54 Å². The monoisotopic (exact) mass is 136 g/mol. The SMILES string of the molecule is CONCC(O)CON. The molecule has 5 nitrogen and oxygen atoms in total. The maximum absolute atomic E-state index is 8.83. The summed E-state index contributed by atoms with van der Waals surface area (Å²) >= 11 is 0. The van der Waals surface area contributed by atoms with Crippen LogP contribution in [-0.4, -0.2) is 31.5 Å². The predicted molar refractivity (Wildman–Crippen MR) is 31.2 cm³/mol. The molecule has 9 heavy (non-hydrogen) atoms. The summed E-state index contributed by atoms with van der Waals surface area (Å²) in [4.78, 5) is 8.61. The van der Waals surface area contributed by atoms with Gasteiger partial charge in [0, 0.05) is 6.54 Å². The zero-order chi connectivity index (χ0) is 7.11. The van der Waals surface area contributed by atoms with Crippen LogP contribution in [0, 0.1) is 0 Å². The summed E-state index contributed by atoms with van der Waals surface area (Å²) < 4.78 is 0. The van der Waals surface area contributed by atoms with Crippen LogP contribution in [-0.2, 0) is 9.68 Å². The fraction of sp³-hybridized carbons (Fsp3) is 1.00. The molecule has 4 N–H and O–H groups in total. The van der Waals surface area contributed by atoms with E-state index in [4.69, 9.17) is 5.11 Å². The molecule has 0 radical (unpaired) electrons. The number of aliphatic hydroxyl groups is 1. The summed E-state index contributed by atoms with van der Waals surface area (Å²) in [5.74, 6) is 4.67. The first-order valence-electron chi connectivity index (χ1n) is 2.56. The van der Waals surface area contributed by atoms with Crippen molar-refractivity contribution in [1.82, 2.24) is 5.48 Å². The Labute approximate surface area is 53.7 Å². The quantitative estimate of drug-likeness (QED) is 0.396. The summed E-state index contributed by atoms with van der Waals surface area (Å²) in [7, 11) is 1.47. The fourth-order valence-electron chi connectivity index (χ4n) is 0.350. The Morgan fingerprint density at radius 3 is 2.89 bits per heavy atom. The number of nitrogens with one attached hydrogen (secondary N) is 1. The Bertz CT molecular complexity index is 61.8. The predicted octanol–water partition coefficient (Wildman–Crippen LogP) is -1.61. The summed E-state index contributed by atoms with van der Waals surface area (Å²) in [5, 5.41) is 8.83. The van der Waals surface area contributed by atoms with Crippen molar-refractivity contribution in [2.75, 3.05) is 20.3 Å². The lowest BCUT2D eigenvalue weighted by molar-refractivity contribution is 0.00175. The van der Waals surface area contributed by atoms with Gasteiger partial charge in [0.05, 0.1) is 19.8 Å². The van der Waals surface area contributed by atoms with Gasteiger partial charge in [-0.25, -0.2) is 11.4 Å². The lowest BCUT2D eigenvalue weighted by Gasteiger charge is -2.07. The molecule has 0 heterocycles. The molecular weight excluding hydrogens is 124 g/mol. The number of hydroxylamine groups is 1. The molecule has 0 aromatic rings. The van der Waals surface area contributed by atoms with E-state index in [9.17, 15) is 0 Å². The van der Waals surface area contributed by atoms with Gasteiger partial charge in [-0.05, 0) is 0 Å². The Hall–Kier alpha value is -0.200. The number of nitrogens with two attached hydrogens (primary N) is 1. The highest BCUT2D eigenvalue weighted by molar-refractivity contribution is 4.51. The number of hydrogen-bond donors (Lipinski definition) is 3. The third kappa shape index (κ3) is 5.67. The molecule has 0 aliphatic heterocycles. The molecule has 5 heteroatoms. The molecular formula is C4H12N2O3. The summed E-state index contributed by atoms with van der Waals surface area (Å²) in [5.41, 5.74) is 2.45. The van der Waals surface area contributed by atoms with Gasteiger partial charge in [-0.15, -0.1) is 0 Å². The van der Waals surface area contributed by atoms with E-state index in [1.807, 2.05) is 0 Å². The zero-order valence-corrected chi connectivity index (χ0v) is 5.33. The second-order valence-corrected chi connectivity index (χ2v) is 1.54. The lowest BCUT2D eigenvalue weighted by Crippen LogP contribution is -2.30. The zero-order valence-electron chi connectivity index (χ0n) is 5.33. The highest BCUT2D eigenvalue weighted by Gasteiger charge is 2.00. The van der Waals surface area contributed by atoms with Gasteiger partial charge in [-0.1, -0.05) is 0 Å². The Morgan fingerprint density at radius 2 is 2.44 bits per heavy atom. The number of rotatable bonds is 5. The van der Waals surface area contributed by atoms with Crippen LogP contribution in [0.4, 0.5) is 0 Å². The smallest absolute Gasteiger partial charge is 0.0952 e. The van der Waals surface area contributed by atoms with Crippen LogP contribution in [0.15, 0.2) is 0 Å². The van der Waals surface area contributed by atoms with Crippen LogP contribution in [0.3, 0.4) is 0 Å². The van der Waals surface area contributed by atoms with Crippen molar-refractivity contribution in [2.24, 2.45) is 5.90 Å². The topological polar surface area (TPSA) is 76.7 Å². The standard InChI is InChI=1S/C4H12N2O3/c1-8-6-2-4(7)3-9-5/h4,6-7H,2-3,5H2,1H3. The van der Waals surface area contributed by atoms with Gasteiger partial charge in [-0.2, -0.15) is 0 Å². The first-order chi connectivity index (χ1) is 4.31. The molecule has 0 rings (SSSR count). The minimum atomic E-state index is -0.616. The summed E-state index contributed by atoms with van der Waals surface area (Å²) in [6, 6.07) is 0. The molecule has 0 spiro atoms. The van der Waals surface area contributed by atoms with Crippen molar-refractivity contribution in [1.29, 1.82) is 0 Å². The average Bonchev–Trinajstić information content (AvgIpc) is 1.85. The molecule has 0 amide bonds. The minimum absolute atomic E-state index is 0.107. The van der Waals surface area contributed by atoms with Crippen LogP contribution < -0.4 is 11.4 Å². The van der Waals surface area contributed by atoms with Crippen molar-refractivity contribution in [3.63, 3.8) is 0 Å². The van der Waals surface area contributed by atoms with Crippen molar-refractivity contribution in [2.45, 2.75) is 6.10 Å². The van der Waals surface area contributed by atoms with E-state index in [-0.39, 0.29) is 6.61 Å². The molecule has 1 atom stereocenters. The van der Waals surface area contributed by atoms with E-state index < -0.39 is 6.10 Å². The van der Waals surface area contributed by atoms with Crippen molar-refractivity contribution >= 4 is 0 Å². The molecule has 0 saturated heterocycles. The number of aliphatic hydroxyl groups excluding tert-OH is 1. The third-order valence-corrected chi connectivity index (χ3v) is 0.752. The second-order valence-electron chi connectivity index (χ2n) is 1.54. The fourth-order valence-corrected chi connectivity index (χ4v) is 0.350. The van der Waals surface area contributed by atoms with Crippen molar-refractivity contribution < 1.29 is 14.8 Å². The molecule has 0 bridgehead atoms. The Kier molecular flexibility index (Phi) is 5.80.